The summed E-state index contributed by atoms with van der Waals surface area (Å²) in [5.41, 5.74) is 6.82. The number of rotatable bonds is 6. The number of hydrogen-bond donors (Lipinski definition) is 3. The first-order chi connectivity index (χ1) is 17.9. The fraction of sp³-hybridized carbons (Fsp3) is 0.125. The van der Waals surface area contributed by atoms with Crippen molar-refractivity contribution in [3.05, 3.63) is 167 Å². The van der Waals surface area contributed by atoms with Crippen molar-refractivity contribution in [2.24, 2.45) is 0 Å². The third-order valence-electron chi connectivity index (χ3n) is 7.13. The molecule has 0 radical (unpaired) electrons. The lowest BCUT2D eigenvalue weighted by molar-refractivity contribution is 0.242. The fourth-order valence-corrected chi connectivity index (χ4v) is 5.40. The van der Waals surface area contributed by atoms with Crippen LogP contribution in [-0.2, 0) is 5.54 Å². The number of benzene rings is 4. The molecule has 0 fully saturated rings. The molecule has 4 aromatic carbocycles. The van der Waals surface area contributed by atoms with Crippen LogP contribution < -0.4 is 16.0 Å². The monoisotopic (exact) mass is 470 g/mol. The average molecular weight is 471 g/mol. The molecule has 4 aromatic rings. The second-order valence-corrected chi connectivity index (χ2v) is 9.22. The molecule has 2 aliphatic rings. The Morgan fingerprint density at radius 3 is 1.61 bits per heavy atom. The molecule has 3 N–H and O–H groups in total. The summed E-state index contributed by atoms with van der Waals surface area (Å²) in [6, 6.07) is 42.9. The normalized spacial score (nSPS) is 17.6. The minimum Gasteiger partial charge on any atom is -0.372 e. The summed E-state index contributed by atoms with van der Waals surface area (Å²) in [6.45, 7) is 1.49. The van der Waals surface area contributed by atoms with E-state index in [0.29, 0.717) is 6.67 Å². The van der Waals surface area contributed by atoms with Crippen LogP contribution in [0.5, 0.6) is 0 Å². The topological polar surface area (TPSA) is 39.3 Å². The summed E-state index contributed by atoms with van der Waals surface area (Å²) in [5, 5.41) is 10.9. The molecule has 36 heavy (non-hydrogen) atoms. The largest absolute Gasteiger partial charge is 0.372 e. The highest BCUT2D eigenvalue weighted by molar-refractivity contribution is 5.51. The Bertz CT molecular complexity index is 1250. The highest BCUT2D eigenvalue weighted by atomic mass is 15.3. The molecule has 2 heterocycles. The molecule has 0 amide bonds. The first-order valence-corrected chi connectivity index (χ1v) is 12.5. The van der Waals surface area contributed by atoms with E-state index in [-0.39, 0.29) is 6.17 Å². The minimum atomic E-state index is -0.471. The minimum absolute atomic E-state index is 0.116. The Kier molecular flexibility index (Phi) is 6.02. The molecule has 2 aliphatic heterocycles. The Morgan fingerprint density at radius 2 is 1.14 bits per heavy atom. The number of hydrogen-bond acceptors (Lipinski definition) is 4. The number of nitrogens with one attached hydrogen (secondary N) is 3. The summed E-state index contributed by atoms with van der Waals surface area (Å²) in [6.07, 6.45) is 4.54. The first-order valence-electron chi connectivity index (χ1n) is 12.5. The maximum Gasteiger partial charge on any atom is 0.117 e. The van der Waals surface area contributed by atoms with Gasteiger partial charge in [-0.15, -0.1) is 0 Å². The van der Waals surface area contributed by atoms with Crippen LogP contribution in [0.1, 0.15) is 28.4 Å². The van der Waals surface area contributed by atoms with E-state index in [1.54, 1.807) is 0 Å². The van der Waals surface area contributed by atoms with Gasteiger partial charge >= 0.3 is 0 Å². The Labute approximate surface area is 213 Å². The quantitative estimate of drug-likeness (QED) is 0.327. The smallest absolute Gasteiger partial charge is 0.117 e. The van der Waals surface area contributed by atoms with Crippen molar-refractivity contribution in [1.29, 1.82) is 0 Å². The van der Waals surface area contributed by atoms with Crippen molar-refractivity contribution in [3.63, 3.8) is 0 Å². The SMILES string of the molecule is C1=C(C2=CN(C(c3ccccc3)(c3ccccc3)c3ccccc3)CN2)CNC(c2ccccc2)N1. The van der Waals surface area contributed by atoms with Gasteiger partial charge < -0.3 is 15.5 Å². The third kappa shape index (κ3) is 3.96. The lowest BCUT2D eigenvalue weighted by Gasteiger charge is -2.43. The standard InChI is InChI=1S/C32H30N4/c1-5-13-25(14-6-1)31-33-21-26(22-34-31)30-23-36(24-35-30)32(27-15-7-2-8-16-27,28-17-9-3-10-18-28)29-19-11-4-12-20-29/h1-21,23,31,33-35H,22,24H2. The van der Waals surface area contributed by atoms with Crippen LogP contribution in [0.15, 0.2) is 145 Å². The van der Waals surface area contributed by atoms with E-state index in [9.17, 15) is 0 Å². The van der Waals surface area contributed by atoms with Crippen LogP contribution in [0.3, 0.4) is 0 Å². The summed E-state index contributed by atoms with van der Waals surface area (Å²) in [4.78, 5) is 2.44. The van der Waals surface area contributed by atoms with Crippen LogP contribution in [0.25, 0.3) is 0 Å². The zero-order valence-corrected chi connectivity index (χ0v) is 20.1. The van der Waals surface area contributed by atoms with Crippen LogP contribution in [0.4, 0.5) is 0 Å². The molecule has 0 aromatic heterocycles. The van der Waals surface area contributed by atoms with Gasteiger partial charge in [0.15, 0.2) is 0 Å². The van der Waals surface area contributed by atoms with Crippen molar-refractivity contribution in [3.8, 4) is 0 Å². The van der Waals surface area contributed by atoms with Gasteiger partial charge in [-0.05, 0) is 22.3 Å². The van der Waals surface area contributed by atoms with Gasteiger partial charge in [0.05, 0.1) is 12.4 Å². The van der Waals surface area contributed by atoms with E-state index in [1.165, 1.54) is 27.8 Å². The van der Waals surface area contributed by atoms with Crippen molar-refractivity contribution >= 4 is 0 Å². The molecule has 1 unspecified atom stereocenters. The Hall–Kier alpha value is -4.28. The predicted octanol–water partition coefficient (Wildman–Crippen LogP) is 5.46. The molecule has 178 valence electrons. The highest BCUT2D eigenvalue weighted by Crippen LogP contribution is 2.43. The van der Waals surface area contributed by atoms with E-state index < -0.39 is 5.54 Å². The number of nitrogens with zero attached hydrogens (tertiary/aromatic N) is 1. The molecule has 0 aliphatic carbocycles. The predicted molar refractivity (Wildman–Crippen MR) is 146 cm³/mol. The van der Waals surface area contributed by atoms with E-state index in [0.717, 1.165) is 12.2 Å². The van der Waals surface area contributed by atoms with Crippen molar-refractivity contribution in [2.75, 3.05) is 13.2 Å². The van der Waals surface area contributed by atoms with Gasteiger partial charge in [0.2, 0.25) is 0 Å². The van der Waals surface area contributed by atoms with Crippen LogP contribution in [0, 0.1) is 0 Å². The summed E-state index contributed by atoms with van der Waals surface area (Å²) < 4.78 is 0. The van der Waals surface area contributed by atoms with E-state index in [4.69, 9.17) is 0 Å². The van der Waals surface area contributed by atoms with Gasteiger partial charge in [-0.1, -0.05) is 121 Å². The van der Waals surface area contributed by atoms with Gasteiger partial charge in [-0.2, -0.15) is 0 Å². The molecule has 0 saturated carbocycles. The zero-order valence-electron chi connectivity index (χ0n) is 20.1. The molecule has 4 nitrogen and oxygen atoms in total. The van der Waals surface area contributed by atoms with Crippen molar-refractivity contribution < 1.29 is 0 Å². The third-order valence-corrected chi connectivity index (χ3v) is 7.13. The summed E-state index contributed by atoms with van der Waals surface area (Å²) in [5.74, 6) is 0. The lowest BCUT2D eigenvalue weighted by atomic mass is 9.76. The zero-order chi connectivity index (χ0) is 24.2. The van der Waals surface area contributed by atoms with Crippen LogP contribution >= 0.6 is 0 Å². The van der Waals surface area contributed by atoms with E-state index >= 15 is 0 Å². The second kappa shape index (κ2) is 9.76. The molecule has 0 spiro atoms. The molecule has 6 rings (SSSR count). The van der Waals surface area contributed by atoms with E-state index in [2.05, 4.69) is 149 Å². The van der Waals surface area contributed by atoms with Gasteiger partial charge in [0.1, 0.15) is 11.7 Å². The molecule has 4 heteroatoms. The second-order valence-electron chi connectivity index (χ2n) is 9.22. The summed E-state index contributed by atoms with van der Waals surface area (Å²) in [7, 11) is 0. The fourth-order valence-electron chi connectivity index (χ4n) is 5.40. The molecule has 0 saturated heterocycles. The lowest BCUT2D eigenvalue weighted by Crippen LogP contribution is -2.45. The maximum absolute atomic E-state index is 3.68. The first kappa shape index (κ1) is 22.2. The Balaban J connectivity index is 1.41. The molecular weight excluding hydrogens is 440 g/mol. The van der Waals surface area contributed by atoms with E-state index in [1.807, 2.05) is 6.07 Å². The van der Waals surface area contributed by atoms with Gasteiger partial charge in [-0.3, -0.25) is 5.32 Å². The highest BCUT2D eigenvalue weighted by Gasteiger charge is 2.42. The molecule has 1 atom stereocenters. The molecular formula is C32H30N4. The van der Waals surface area contributed by atoms with Crippen molar-refractivity contribution in [2.45, 2.75) is 11.7 Å². The summed E-state index contributed by atoms with van der Waals surface area (Å²) >= 11 is 0. The van der Waals surface area contributed by atoms with Gasteiger partial charge in [0, 0.05) is 24.5 Å². The average Bonchev–Trinajstić information content (AvgIpc) is 3.46. The van der Waals surface area contributed by atoms with Gasteiger partial charge in [0.25, 0.3) is 0 Å². The maximum atomic E-state index is 3.68. The van der Waals surface area contributed by atoms with Gasteiger partial charge in [-0.25, -0.2) is 0 Å². The van der Waals surface area contributed by atoms with Crippen LogP contribution in [0.2, 0.25) is 0 Å². The van der Waals surface area contributed by atoms with Crippen LogP contribution in [-0.4, -0.2) is 18.1 Å². The molecule has 0 bridgehead atoms. The Morgan fingerprint density at radius 1 is 0.639 bits per heavy atom. The van der Waals surface area contributed by atoms with Crippen molar-refractivity contribution in [1.82, 2.24) is 20.9 Å².